The average Bonchev–Trinajstić information content (AvgIpc) is 3.02. The molecule has 0 aliphatic heterocycles. The number of aliphatic carboxylic acids is 1. The van der Waals surface area contributed by atoms with Gasteiger partial charge in [-0.1, -0.05) is 68.5 Å². The Labute approximate surface area is 177 Å². The highest BCUT2D eigenvalue weighted by molar-refractivity contribution is 6.31. The molecule has 0 saturated heterocycles. The van der Waals surface area contributed by atoms with Crippen molar-refractivity contribution in [1.82, 2.24) is 9.55 Å². The summed E-state index contributed by atoms with van der Waals surface area (Å²) in [5, 5.41) is 10.0. The molecular weight excluding hydrogens is 388 g/mol. The van der Waals surface area contributed by atoms with Crippen LogP contribution in [-0.4, -0.2) is 26.9 Å². The minimum Gasteiger partial charge on any atom is -0.481 e. The van der Waals surface area contributed by atoms with E-state index in [4.69, 9.17) is 11.6 Å². The van der Waals surface area contributed by atoms with Gasteiger partial charge in [0.2, 0.25) is 0 Å². The molecular formula is C23H29ClN2O3. The van der Waals surface area contributed by atoms with Crippen LogP contribution in [-0.2, 0) is 17.8 Å². The van der Waals surface area contributed by atoms with E-state index in [1.165, 1.54) is 6.42 Å². The topological polar surface area (TPSA) is 72.2 Å². The number of nitrogens with zero attached hydrogens (tertiary/aromatic N) is 2. The maximum atomic E-state index is 11.9. The molecule has 3 rings (SSSR count). The number of rotatable bonds is 9. The van der Waals surface area contributed by atoms with Gasteiger partial charge in [0.25, 0.3) is 0 Å². The Kier molecular flexibility index (Phi) is 7.48. The number of hydrogen-bond donors (Lipinski definition) is 1. The largest absolute Gasteiger partial charge is 0.481 e. The molecule has 6 heteroatoms. The number of benzene rings is 1. The van der Waals surface area contributed by atoms with Crippen LogP contribution in [0.25, 0.3) is 0 Å². The Hall–Kier alpha value is -2.14. The van der Waals surface area contributed by atoms with Gasteiger partial charge in [-0.25, -0.2) is 4.98 Å². The monoisotopic (exact) mass is 416 g/mol. The van der Waals surface area contributed by atoms with Gasteiger partial charge in [-0.05, 0) is 36.3 Å². The van der Waals surface area contributed by atoms with Crippen molar-refractivity contribution in [2.45, 2.75) is 70.8 Å². The second-order valence-corrected chi connectivity index (χ2v) is 8.33. The first-order valence-electron chi connectivity index (χ1n) is 10.6. The van der Waals surface area contributed by atoms with E-state index in [9.17, 15) is 14.7 Å². The summed E-state index contributed by atoms with van der Waals surface area (Å²) in [6.45, 7) is 2.60. The van der Waals surface area contributed by atoms with Crippen LogP contribution in [0.1, 0.15) is 85.2 Å². The molecule has 5 nitrogen and oxygen atoms in total. The zero-order chi connectivity index (χ0) is 20.8. The van der Waals surface area contributed by atoms with Crippen LogP contribution >= 0.6 is 11.6 Å². The Morgan fingerprint density at radius 3 is 2.55 bits per heavy atom. The first kappa shape index (κ1) is 21.6. The number of carboxylic acid groups (broad SMARTS) is 1. The van der Waals surface area contributed by atoms with Crippen molar-refractivity contribution in [3.05, 3.63) is 52.1 Å². The molecule has 1 aliphatic carbocycles. The molecule has 1 fully saturated rings. The summed E-state index contributed by atoms with van der Waals surface area (Å²) in [7, 11) is 0. The molecule has 1 saturated carbocycles. The fourth-order valence-corrected chi connectivity index (χ4v) is 4.64. The molecule has 29 heavy (non-hydrogen) atoms. The van der Waals surface area contributed by atoms with Crippen molar-refractivity contribution in [3.8, 4) is 0 Å². The highest BCUT2D eigenvalue weighted by Gasteiger charge is 2.30. The van der Waals surface area contributed by atoms with Crippen LogP contribution in [0.5, 0.6) is 0 Å². The van der Waals surface area contributed by atoms with E-state index >= 15 is 0 Å². The number of carbonyl (C=O) groups excluding carboxylic acids is 1. The normalized spacial score (nSPS) is 15.9. The Morgan fingerprint density at radius 2 is 1.97 bits per heavy atom. The molecule has 1 heterocycles. The summed E-state index contributed by atoms with van der Waals surface area (Å²) >= 11 is 6.15. The fourth-order valence-electron chi connectivity index (χ4n) is 4.39. The Balaban J connectivity index is 1.81. The van der Waals surface area contributed by atoms with E-state index in [1.54, 1.807) is 0 Å². The zero-order valence-corrected chi connectivity index (χ0v) is 17.7. The summed E-state index contributed by atoms with van der Waals surface area (Å²) in [6, 6.07) is 7.77. The predicted molar refractivity (Wildman–Crippen MR) is 114 cm³/mol. The van der Waals surface area contributed by atoms with Gasteiger partial charge in [-0.2, -0.15) is 0 Å². The quantitative estimate of drug-likeness (QED) is 0.548. The first-order valence-corrected chi connectivity index (χ1v) is 10.9. The lowest BCUT2D eigenvalue weighted by molar-refractivity contribution is -0.140. The number of imidazole rings is 1. The molecule has 1 aromatic carbocycles. The third kappa shape index (κ3) is 5.08. The van der Waals surface area contributed by atoms with Gasteiger partial charge in [0.05, 0.1) is 5.92 Å². The smallest absolute Gasteiger partial charge is 0.311 e. The van der Waals surface area contributed by atoms with Gasteiger partial charge in [0.1, 0.15) is 11.5 Å². The molecule has 0 spiro atoms. The lowest BCUT2D eigenvalue weighted by atomic mass is 9.77. The van der Waals surface area contributed by atoms with Crippen molar-refractivity contribution in [3.63, 3.8) is 0 Å². The van der Waals surface area contributed by atoms with E-state index in [0.717, 1.165) is 68.2 Å². The maximum Gasteiger partial charge on any atom is 0.311 e. The lowest BCUT2D eigenvalue weighted by Crippen LogP contribution is -2.23. The molecule has 0 bridgehead atoms. The van der Waals surface area contributed by atoms with Crippen molar-refractivity contribution < 1.29 is 14.7 Å². The maximum absolute atomic E-state index is 11.9. The molecule has 1 aliphatic rings. The Bertz CT molecular complexity index is 839. The minimum atomic E-state index is -0.740. The average molecular weight is 417 g/mol. The molecule has 1 aromatic heterocycles. The van der Waals surface area contributed by atoms with E-state index in [-0.39, 0.29) is 11.1 Å². The lowest BCUT2D eigenvalue weighted by Gasteiger charge is -2.27. The van der Waals surface area contributed by atoms with Crippen molar-refractivity contribution in [2.24, 2.45) is 5.92 Å². The van der Waals surface area contributed by atoms with E-state index < -0.39 is 11.9 Å². The number of aryl methyl sites for hydroxylation is 1. The molecule has 0 amide bonds. The van der Waals surface area contributed by atoms with Crippen LogP contribution in [0.2, 0.25) is 5.15 Å². The number of halogens is 1. The second kappa shape index (κ2) is 10.1. The standard InChI is InChI=1S/C23H29ClN2O3/c1-2-3-9-20-25-22(24)19(15-27)26(20)14-16-10-12-18(13-11-16)21(23(28)29)17-7-5-4-6-8-17/h10-13,15,17,21H,2-9,14H2,1H3,(H,28,29). The van der Waals surface area contributed by atoms with Crippen molar-refractivity contribution >= 4 is 23.9 Å². The third-order valence-corrected chi connectivity index (χ3v) is 6.25. The van der Waals surface area contributed by atoms with E-state index in [2.05, 4.69) is 11.9 Å². The fraction of sp³-hybridized carbons (Fsp3) is 0.522. The first-order chi connectivity index (χ1) is 14.0. The van der Waals surface area contributed by atoms with Crippen LogP contribution in [0.15, 0.2) is 24.3 Å². The van der Waals surface area contributed by atoms with Gasteiger partial charge >= 0.3 is 5.97 Å². The SMILES string of the molecule is CCCCc1nc(Cl)c(C=O)n1Cc1ccc(C(C(=O)O)C2CCCCC2)cc1. The predicted octanol–water partition coefficient (Wildman–Crippen LogP) is 5.49. The van der Waals surface area contributed by atoms with Gasteiger partial charge in [0, 0.05) is 13.0 Å². The van der Waals surface area contributed by atoms with Crippen molar-refractivity contribution in [2.75, 3.05) is 0 Å². The molecule has 1 unspecified atom stereocenters. The van der Waals surface area contributed by atoms with E-state index in [1.807, 2.05) is 28.8 Å². The molecule has 156 valence electrons. The van der Waals surface area contributed by atoms with Gasteiger partial charge in [-0.15, -0.1) is 0 Å². The van der Waals surface area contributed by atoms with Crippen LogP contribution in [0, 0.1) is 5.92 Å². The van der Waals surface area contributed by atoms with Crippen LogP contribution < -0.4 is 0 Å². The summed E-state index contributed by atoms with van der Waals surface area (Å²) in [5.41, 5.74) is 2.25. The van der Waals surface area contributed by atoms with Crippen LogP contribution in [0.3, 0.4) is 0 Å². The molecule has 2 aromatic rings. The summed E-state index contributed by atoms with van der Waals surface area (Å²) in [6.07, 6.45) is 8.93. The van der Waals surface area contributed by atoms with Crippen LogP contribution in [0.4, 0.5) is 0 Å². The molecule has 0 radical (unpaired) electrons. The van der Waals surface area contributed by atoms with Gasteiger partial charge < -0.3 is 9.67 Å². The number of aldehydes is 1. The number of carbonyl (C=O) groups is 2. The molecule has 1 N–H and O–H groups in total. The zero-order valence-electron chi connectivity index (χ0n) is 16.9. The minimum absolute atomic E-state index is 0.210. The molecule has 1 atom stereocenters. The van der Waals surface area contributed by atoms with Crippen molar-refractivity contribution in [1.29, 1.82) is 0 Å². The highest BCUT2D eigenvalue weighted by atomic mass is 35.5. The highest BCUT2D eigenvalue weighted by Crippen LogP contribution is 2.36. The van der Waals surface area contributed by atoms with Gasteiger partial charge in [0.15, 0.2) is 11.4 Å². The second-order valence-electron chi connectivity index (χ2n) is 7.97. The Morgan fingerprint density at radius 1 is 1.28 bits per heavy atom. The number of carboxylic acids is 1. The van der Waals surface area contributed by atoms with Gasteiger partial charge in [-0.3, -0.25) is 9.59 Å². The van der Waals surface area contributed by atoms with E-state index in [0.29, 0.717) is 12.2 Å². The number of unbranched alkanes of at least 4 members (excludes halogenated alkanes) is 1. The number of hydrogen-bond acceptors (Lipinski definition) is 3. The summed E-state index contributed by atoms with van der Waals surface area (Å²) < 4.78 is 1.87. The number of aromatic nitrogens is 2. The third-order valence-electron chi connectivity index (χ3n) is 5.97. The summed E-state index contributed by atoms with van der Waals surface area (Å²) in [4.78, 5) is 27.8. The summed E-state index contributed by atoms with van der Waals surface area (Å²) in [5.74, 6) is -0.163.